The van der Waals surface area contributed by atoms with E-state index in [0.717, 1.165) is 12.8 Å². The van der Waals surface area contributed by atoms with E-state index in [2.05, 4.69) is 35.8 Å². The Hall–Kier alpha value is -2.11. The molecule has 2 aliphatic heterocycles. The Bertz CT molecular complexity index is 740. The van der Waals surface area contributed by atoms with Gasteiger partial charge in [0.25, 0.3) is 0 Å². The van der Waals surface area contributed by atoms with E-state index in [1.807, 2.05) is 29.4 Å². The number of carbonyl (C=O) groups excluding carboxylic acids is 1. The minimum absolute atomic E-state index is 0.0206. The third kappa shape index (κ3) is 3.55. The van der Waals surface area contributed by atoms with Crippen molar-refractivity contribution in [3.8, 4) is 0 Å². The summed E-state index contributed by atoms with van der Waals surface area (Å²) in [4.78, 5) is 15.0. The molecular weight excluding hydrogens is 328 g/mol. The first-order chi connectivity index (χ1) is 12.7. The summed E-state index contributed by atoms with van der Waals surface area (Å²) in [6.07, 6.45) is 6.05. The first-order valence-electron chi connectivity index (χ1n) is 9.40. The second-order valence-corrected chi connectivity index (χ2v) is 7.25. The van der Waals surface area contributed by atoms with E-state index in [1.54, 1.807) is 0 Å². The number of amides is 1. The Morgan fingerprint density at radius 3 is 2.46 bits per heavy atom. The van der Waals surface area contributed by atoms with Crippen molar-refractivity contribution in [3.63, 3.8) is 0 Å². The van der Waals surface area contributed by atoms with Gasteiger partial charge < -0.3 is 18.9 Å². The van der Waals surface area contributed by atoms with Crippen LogP contribution in [0, 0.1) is 6.92 Å². The van der Waals surface area contributed by atoms with Crippen molar-refractivity contribution >= 4 is 5.91 Å². The van der Waals surface area contributed by atoms with Crippen LogP contribution in [0.4, 0.5) is 0 Å². The van der Waals surface area contributed by atoms with E-state index < -0.39 is 5.79 Å². The van der Waals surface area contributed by atoms with Crippen molar-refractivity contribution in [3.05, 3.63) is 59.9 Å². The Morgan fingerprint density at radius 1 is 1.12 bits per heavy atom. The molecule has 0 N–H and O–H groups in total. The Kier molecular flexibility index (Phi) is 4.83. The highest BCUT2D eigenvalue weighted by Crippen LogP contribution is 2.32. The maximum Gasteiger partial charge on any atom is 0.225 e. The largest absolute Gasteiger partial charge is 0.347 e. The van der Waals surface area contributed by atoms with Gasteiger partial charge in [0.05, 0.1) is 25.7 Å². The van der Waals surface area contributed by atoms with E-state index in [1.165, 1.54) is 11.1 Å². The molecule has 0 saturated carbocycles. The molecule has 0 unspecified atom stereocenters. The van der Waals surface area contributed by atoms with Gasteiger partial charge in [-0.25, -0.2) is 0 Å². The van der Waals surface area contributed by atoms with Gasteiger partial charge in [-0.05, 0) is 24.6 Å². The van der Waals surface area contributed by atoms with Crippen LogP contribution in [0.5, 0.6) is 0 Å². The van der Waals surface area contributed by atoms with E-state index in [4.69, 9.17) is 9.47 Å². The molecule has 3 heterocycles. The lowest BCUT2D eigenvalue weighted by Crippen LogP contribution is -2.47. The van der Waals surface area contributed by atoms with Crippen molar-refractivity contribution in [2.75, 3.05) is 26.3 Å². The van der Waals surface area contributed by atoms with Crippen LogP contribution >= 0.6 is 0 Å². The lowest BCUT2D eigenvalue weighted by molar-refractivity contribution is -0.187. The molecule has 1 amide bonds. The predicted octanol–water partition coefficient (Wildman–Crippen LogP) is 3.14. The fourth-order valence-electron chi connectivity index (χ4n) is 4.01. The van der Waals surface area contributed by atoms with E-state index in [-0.39, 0.29) is 11.9 Å². The monoisotopic (exact) mass is 354 g/mol. The van der Waals surface area contributed by atoms with Crippen LogP contribution in [0.15, 0.2) is 48.8 Å². The van der Waals surface area contributed by atoms with Crippen LogP contribution in [-0.2, 0) is 14.3 Å². The summed E-state index contributed by atoms with van der Waals surface area (Å²) in [5.41, 5.74) is 2.38. The molecule has 2 aliphatic rings. The maximum absolute atomic E-state index is 13.0. The van der Waals surface area contributed by atoms with Crippen molar-refractivity contribution in [1.82, 2.24) is 9.47 Å². The number of nitrogens with zero attached hydrogens (tertiary/aromatic N) is 2. The van der Waals surface area contributed by atoms with Crippen LogP contribution in [0.25, 0.3) is 0 Å². The summed E-state index contributed by atoms with van der Waals surface area (Å²) >= 11 is 0. The molecule has 26 heavy (non-hydrogen) atoms. The van der Waals surface area contributed by atoms with Crippen LogP contribution in [0.2, 0.25) is 0 Å². The third-order valence-electron chi connectivity index (χ3n) is 5.47. The molecule has 2 saturated heterocycles. The number of carbonyl (C=O) groups is 1. The summed E-state index contributed by atoms with van der Waals surface area (Å²) in [5, 5.41) is 0. The summed E-state index contributed by atoms with van der Waals surface area (Å²) in [6, 6.07) is 12.5. The standard InChI is InChI=1S/C21H26N2O3/c1-17-5-4-6-18(15-17)19(22-9-2-3-10-22)16-20(24)23-11-7-21(8-12-23)25-13-14-26-21/h2-6,9-10,15,19H,7-8,11-14,16H2,1H3/t19-/m0/s1. The average molecular weight is 354 g/mol. The van der Waals surface area contributed by atoms with Gasteiger partial charge in [-0.1, -0.05) is 29.8 Å². The minimum Gasteiger partial charge on any atom is -0.347 e. The van der Waals surface area contributed by atoms with Crippen LogP contribution in [0.3, 0.4) is 0 Å². The normalized spacial score (nSPS) is 20.4. The summed E-state index contributed by atoms with van der Waals surface area (Å²) < 4.78 is 13.7. The lowest BCUT2D eigenvalue weighted by Gasteiger charge is -2.38. The first kappa shape index (κ1) is 17.3. The fourth-order valence-corrected chi connectivity index (χ4v) is 4.01. The average Bonchev–Trinajstić information content (AvgIpc) is 3.33. The Morgan fingerprint density at radius 2 is 1.81 bits per heavy atom. The van der Waals surface area contributed by atoms with Gasteiger partial charge in [-0.3, -0.25) is 4.79 Å². The molecule has 0 aliphatic carbocycles. The summed E-state index contributed by atoms with van der Waals surface area (Å²) in [7, 11) is 0. The minimum atomic E-state index is -0.437. The van der Waals surface area contributed by atoms with Gasteiger partial charge in [0.1, 0.15) is 0 Å². The number of aryl methyl sites for hydroxylation is 1. The molecule has 5 nitrogen and oxygen atoms in total. The second-order valence-electron chi connectivity index (χ2n) is 7.25. The SMILES string of the molecule is Cc1cccc([C@H](CC(=O)N2CCC3(CC2)OCCO3)n2cccc2)c1. The van der Waals surface area contributed by atoms with Crippen molar-refractivity contribution in [1.29, 1.82) is 0 Å². The molecule has 2 aromatic rings. The topological polar surface area (TPSA) is 43.7 Å². The highest BCUT2D eigenvalue weighted by Gasteiger charge is 2.40. The van der Waals surface area contributed by atoms with E-state index in [0.29, 0.717) is 32.7 Å². The van der Waals surface area contributed by atoms with Crippen molar-refractivity contribution < 1.29 is 14.3 Å². The van der Waals surface area contributed by atoms with Gasteiger partial charge in [0, 0.05) is 38.3 Å². The molecule has 2 fully saturated rings. The molecule has 5 heteroatoms. The first-order valence-corrected chi connectivity index (χ1v) is 9.40. The van der Waals surface area contributed by atoms with Crippen LogP contribution in [0.1, 0.15) is 36.4 Å². The van der Waals surface area contributed by atoms with Crippen molar-refractivity contribution in [2.45, 2.75) is 38.0 Å². The molecule has 1 atom stereocenters. The van der Waals surface area contributed by atoms with Crippen LogP contribution < -0.4 is 0 Å². The van der Waals surface area contributed by atoms with E-state index >= 15 is 0 Å². The zero-order valence-corrected chi connectivity index (χ0v) is 15.3. The highest BCUT2D eigenvalue weighted by molar-refractivity contribution is 5.77. The molecule has 1 aromatic heterocycles. The lowest BCUT2D eigenvalue weighted by atomic mass is 9.99. The molecule has 0 bridgehead atoms. The summed E-state index contributed by atoms with van der Waals surface area (Å²) in [5.74, 6) is -0.245. The number of aromatic nitrogens is 1. The third-order valence-corrected chi connectivity index (χ3v) is 5.47. The molecule has 0 radical (unpaired) electrons. The van der Waals surface area contributed by atoms with Crippen molar-refractivity contribution in [2.24, 2.45) is 0 Å². The molecule has 138 valence electrons. The zero-order chi connectivity index (χ0) is 18.0. The number of rotatable bonds is 4. The number of likely N-dealkylation sites (tertiary alicyclic amines) is 1. The highest BCUT2D eigenvalue weighted by atomic mass is 16.7. The molecular formula is C21H26N2O3. The number of hydrogen-bond acceptors (Lipinski definition) is 3. The molecule has 1 aromatic carbocycles. The second kappa shape index (κ2) is 7.25. The maximum atomic E-state index is 13.0. The van der Waals surface area contributed by atoms with Gasteiger partial charge >= 0.3 is 0 Å². The Labute approximate surface area is 154 Å². The van der Waals surface area contributed by atoms with Gasteiger partial charge in [0.15, 0.2) is 5.79 Å². The fraction of sp³-hybridized carbons (Fsp3) is 0.476. The number of piperidine rings is 1. The smallest absolute Gasteiger partial charge is 0.225 e. The Balaban J connectivity index is 1.47. The van der Waals surface area contributed by atoms with Crippen LogP contribution in [-0.4, -0.2) is 47.5 Å². The van der Waals surface area contributed by atoms with Gasteiger partial charge in [-0.15, -0.1) is 0 Å². The molecule has 4 rings (SSSR count). The van der Waals surface area contributed by atoms with Gasteiger partial charge in [-0.2, -0.15) is 0 Å². The predicted molar refractivity (Wildman–Crippen MR) is 98.8 cm³/mol. The number of hydrogen-bond donors (Lipinski definition) is 0. The number of benzene rings is 1. The zero-order valence-electron chi connectivity index (χ0n) is 15.3. The van der Waals surface area contributed by atoms with Gasteiger partial charge in [0.2, 0.25) is 5.91 Å². The summed E-state index contributed by atoms with van der Waals surface area (Å²) in [6.45, 7) is 4.81. The number of ether oxygens (including phenoxy) is 2. The molecule has 1 spiro atoms. The quantitative estimate of drug-likeness (QED) is 0.847. The van der Waals surface area contributed by atoms with E-state index in [9.17, 15) is 4.79 Å².